The van der Waals surface area contributed by atoms with Crippen LogP contribution in [-0.4, -0.2) is 24.4 Å². The summed E-state index contributed by atoms with van der Waals surface area (Å²) in [6.07, 6.45) is -0.634. The van der Waals surface area contributed by atoms with Crippen molar-refractivity contribution in [1.82, 2.24) is 0 Å². The molecule has 1 unspecified atom stereocenters. The summed E-state index contributed by atoms with van der Waals surface area (Å²) in [5.74, 6) is 0.235. The predicted molar refractivity (Wildman–Crippen MR) is 72.8 cm³/mol. The van der Waals surface area contributed by atoms with Gasteiger partial charge in [-0.2, -0.15) is 0 Å². The highest BCUT2D eigenvalue weighted by atomic mass is 19.1. The van der Waals surface area contributed by atoms with Gasteiger partial charge in [0.25, 0.3) is 0 Å². The Morgan fingerprint density at radius 3 is 2.42 bits per heavy atom. The van der Waals surface area contributed by atoms with E-state index in [1.807, 2.05) is 30.3 Å². The van der Waals surface area contributed by atoms with E-state index in [4.69, 9.17) is 4.74 Å². The number of hydrogen-bond donors (Lipinski definition) is 2. The fraction of sp³-hybridized carbons (Fsp3) is 0.200. The largest absolute Gasteiger partial charge is 0.491 e. The first-order valence-electron chi connectivity index (χ1n) is 6.09. The third-order valence-corrected chi connectivity index (χ3v) is 2.57. The van der Waals surface area contributed by atoms with Crippen LogP contribution in [0, 0.1) is 5.82 Å². The van der Waals surface area contributed by atoms with Gasteiger partial charge in [-0.15, -0.1) is 0 Å². The van der Waals surface area contributed by atoms with Crippen LogP contribution in [0.2, 0.25) is 0 Å². The second kappa shape index (κ2) is 6.75. The monoisotopic (exact) mass is 261 g/mol. The smallest absolute Gasteiger partial charge is 0.123 e. The molecule has 0 aliphatic rings. The summed E-state index contributed by atoms with van der Waals surface area (Å²) in [6, 6.07) is 15.3. The quantitative estimate of drug-likeness (QED) is 0.840. The second-order valence-corrected chi connectivity index (χ2v) is 4.17. The molecule has 2 aromatic carbocycles. The molecule has 2 N–H and O–H groups in total. The van der Waals surface area contributed by atoms with Gasteiger partial charge >= 0.3 is 0 Å². The highest BCUT2D eigenvalue weighted by Crippen LogP contribution is 2.11. The second-order valence-electron chi connectivity index (χ2n) is 4.17. The van der Waals surface area contributed by atoms with E-state index in [1.54, 1.807) is 0 Å². The number of aliphatic hydroxyl groups excluding tert-OH is 1. The lowest BCUT2D eigenvalue weighted by molar-refractivity contribution is 0.117. The van der Waals surface area contributed by atoms with Crippen molar-refractivity contribution in [3.8, 4) is 5.75 Å². The summed E-state index contributed by atoms with van der Waals surface area (Å²) in [6.45, 7) is 0.552. The lowest BCUT2D eigenvalue weighted by atomic mass is 10.3. The first-order chi connectivity index (χ1) is 9.24. The average molecular weight is 261 g/mol. The molecule has 2 rings (SSSR count). The summed E-state index contributed by atoms with van der Waals surface area (Å²) in [5, 5.41) is 12.9. The first-order valence-corrected chi connectivity index (χ1v) is 6.09. The fourth-order valence-corrected chi connectivity index (χ4v) is 1.57. The summed E-state index contributed by atoms with van der Waals surface area (Å²) in [4.78, 5) is 0. The molecule has 0 aliphatic heterocycles. The number of para-hydroxylation sites is 1. The van der Waals surface area contributed by atoms with Crippen LogP contribution < -0.4 is 10.1 Å². The highest BCUT2D eigenvalue weighted by molar-refractivity contribution is 5.42. The SMILES string of the molecule is OC(CNc1ccccc1)COc1ccc(F)cc1. The molecule has 1 atom stereocenters. The van der Waals surface area contributed by atoms with Gasteiger partial charge < -0.3 is 15.2 Å². The molecule has 0 heterocycles. The van der Waals surface area contributed by atoms with Crippen molar-refractivity contribution in [3.05, 3.63) is 60.4 Å². The van der Waals surface area contributed by atoms with Crippen LogP contribution in [0.4, 0.5) is 10.1 Å². The Morgan fingerprint density at radius 2 is 1.74 bits per heavy atom. The number of ether oxygens (including phenoxy) is 1. The minimum atomic E-state index is -0.634. The van der Waals surface area contributed by atoms with Crippen LogP contribution in [0.3, 0.4) is 0 Å². The van der Waals surface area contributed by atoms with Crippen LogP contribution in [0.1, 0.15) is 0 Å². The van der Waals surface area contributed by atoms with E-state index in [-0.39, 0.29) is 12.4 Å². The molecule has 0 fully saturated rings. The van der Waals surface area contributed by atoms with Crippen molar-refractivity contribution in [2.75, 3.05) is 18.5 Å². The van der Waals surface area contributed by atoms with Crippen LogP contribution in [-0.2, 0) is 0 Å². The molecule has 0 spiro atoms. The number of aliphatic hydroxyl groups is 1. The molecule has 0 aliphatic carbocycles. The van der Waals surface area contributed by atoms with Gasteiger partial charge in [-0.1, -0.05) is 18.2 Å². The van der Waals surface area contributed by atoms with Crippen LogP contribution >= 0.6 is 0 Å². The van der Waals surface area contributed by atoms with E-state index in [0.29, 0.717) is 12.3 Å². The van der Waals surface area contributed by atoms with Gasteiger partial charge in [-0.05, 0) is 36.4 Å². The molecule has 0 aromatic heterocycles. The van der Waals surface area contributed by atoms with Gasteiger partial charge in [0.2, 0.25) is 0 Å². The number of hydrogen-bond acceptors (Lipinski definition) is 3. The molecule has 0 saturated carbocycles. The van der Waals surface area contributed by atoms with Crippen molar-refractivity contribution in [2.45, 2.75) is 6.10 Å². The maximum Gasteiger partial charge on any atom is 0.123 e. The molecule has 100 valence electrons. The van der Waals surface area contributed by atoms with Gasteiger partial charge in [0, 0.05) is 12.2 Å². The maximum atomic E-state index is 12.7. The van der Waals surface area contributed by atoms with Gasteiger partial charge in [0.05, 0.1) is 0 Å². The standard InChI is InChI=1S/C15H16FNO2/c16-12-6-8-15(9-7-12)19-11-14(18)10-17-13-4-2-1-3-5-13/h1-9,14,17-18H,10-11H2. The van der Waals surface area contributed by atoms with E-state index in [1.165, 1.54) is 24.3 Å². The molecule has 0 radical (unpaired) electrons. The lowest BCUT2D eigenvalue weighted by Gasteiger charge is -2.14. The van der Waals surface area contributed by atoms with Crippen molar-refractivity contribution < 1.29 is 14.2 Å². The van der Waals surface area contributed by atoms with Crippen LogP contribution in [0.5, 0.6) is 5.75 Å². The molecule has 0 saturated heterocycles. The average Bonchev–Trinajstić information content (AvgIpc) is 2.45. The van der Waals surface area contributed by atoms with Gasteiger partial charge in [-0.25, -0.2) is 4.39 Å². The number of benzene rings is 2. The zero-order valence-electron chi connectivity index (χ0n) is 10.4. The molecule has 2 aromatic rings. The minimum absolute atomic E-state index is 0.158. The normalized spacial score (nSPS) is 11.9. The third-order valence-electron chi connectivity index (χ3n) is 2.57. The van der Waals surface area contributed by atoms with Crippen LogP contribution in [0.15, 0.2) is 54.6 Å². The van der Waals surface area contributed by atoms with Crippen molar-refractivity contribution >= 4 is 5.69 Å². The van der Waals surface area contributed by atoms with E-state index in [2.05, 4.69) is 5.32 Å². The summed E-state index contributed by atoms with van der Waals surface area (Å²) >= 11 is 0. The van der Waals surface area contributed by atoms with Crippen molar-refractivity contribution in [1.29, 1.82) is 0 Å². The number of anilines is 1. The number of nitrogens with one attached hydrogen (secondary N) is 1. The van der Waals surface area contributed by atoms with Gasteiger partial charge in [0.15, 0.2) is 0 Å². The number of halogens is 1. The van der Waals surface area contributed by atoms with Crippen molar-refractivity contribution in [2.24, 2.45) is 0 Å². The van der Waals surface area contributed by atoms with Gasteiger partial charge in [0.1, 0.15) is 24.3 Å². The topological polar surface area (TPSA) is 41.5 Å². The number of rotatable bonds is 6. The Kier molecular flexibility index (Phi) is 4.75. The molecule has 19 heavy (non-hydrogen) atoms. The zero-order valence-corrected chi connectivity index (χ0v) is 10.4. The molecular formula is C15H16FNO2. The Bertz CT molecular complexity index is 487. The predicted octanol–water partition coefficient (Wildman–Crippen LogP) is 2.68. The van der Waals surface area contributed by atoms with E-state index < -0.39 is 6.10 Å². The zero-order chi connectivity index (χ0) is 13.5. The Morgan fingerprint density at radius 1 is 1.05 bits per heavy atom. The molecule has 4 heteroatoms. The molecule has 3 nitrogen and oxygen atoms in total. The molecule has 0 amide bonds. The summed E-state index contributed by atoms with van der Waals surface area (Å²) in [7, 11) is 0. The van der Waals surface area contributed by atoms with Crippen molar-refractivity contribution in [3.63, 3.8) is 0 Å². The van der Waals surface area contributed by atoms with E-state index in [0.717, 1.165) is 5.69 Å². The summed E-state index contributed by atoms with van der Waals surface area (Å²) in [5.41, 5.74) is 0.948. The Labute approximate surface area is 111 Å². The maximum absolute atomic E-state index is 12.7. The third kappa shape index (κ3) is 4.60. The lowest BCUT2D eigenvalue weighted by Crippen LogP contribution is -2.26. The summed E-state index contributed by atoms with van der Waals surface area (Å²) < 4.78 is 18.0. The molecular weight excluding hydrogens is 245 g/mol. The highest BCUT2D eigenvalue weighted by Gasteiger charge is 2.05. The van der Waals surface area contributed by atoms with E-state index >= 15 is 0 Å². The minimum Gasteiger partial charge on any atom is -0.491 e. The van der Waals surface area contributed by atoms with Crippen LogP contribution in [0.25, 0.3) is 0 Å². The first kappa shape index (κ1) is 13.4. The van der Waals surface area contributed by atoms with Gasteiger partial charge in [-0.3, -0.25) is 0 Å². The van der Waals surface area contributed by atoms with E-state index in [9.17, 15) is 9.50 Å². The molecule has 0 bridgehead atoms. The Balaban J connectivity index is 1.72. The fourth-order valence-electron chi connectivity index (χ4n) is 1.57. The Hall–Kier alpha value is -2.07.